The first kappa shape index (κ1) is 14.1. The molecule has 0 aliphatic carbocycles. The van der Waals surface area contributed by atoms with E-state index in [1.54, 1.807) is 6.21 Å². The molecule has 3 nitrogen and oxygen atoms in total. The van der Waals surface area contributed by atoms with Crippen LogP contribution in [0.5, 0.6) is 0 Å². The van der Waals surface area contributed by atoms with Gasteiger partial charge in [-0.3, -0.25) is 0 Å². The van der Waals surface area contributed by atoms with Crippen LogP contribution in [0.25, 0.3) is 0 Å². The van der Waals surface area contributed by atoms with Crippen molar-refractivity contribution in [1.29, 1.82) is 0 Å². The van der Waals surface area contributed by atoms with E-state index in [-0.39, 0.29) is 4.75 Å². The average Bonchev–Trinajstić information content (AvgIpc) is 2.28. The SMILES string of the molecule is CC(C)(C)[S@@](=O)/N=C/COCc1ccccc1. The fourth-order valence-electron chi connectivity index (χ4n) is 1.06. The Bertz CT molecular complexity index is 382. The van der Waals surface area contributed by atoms with Crippen LogP contribution in [0.15, 0.2) is 34.7 Å². The second-order valence-corrected chi connectivity index (χ2v) is 6.58. The third-order valence-corrected chi connectivity index (χ3v) is 3.39. The first-order chi connectivity index (χ1) is 8.00. The van der Waals surface area contributed by atoms with Crippen LogP contribution in [0.3, 0.4) is 0 Å². The van der Waals surface area contributed by atoms with Crippen LogP contribution in [0.1, 0.15) is 26.3 Å². The molecule has 0 saturated carbocycles. The van der Waals surface area contributed by atoms with Crippen molar-refractivity contribution in [3.8, 4) is 0 Å². The summed E-state index contributed by atoms with van der Waals surface area (Å²) in [6.45, 7) is 6.62. The minimum absolute atomic E-state index is 0.310. The molecule has 0 unspecified atom stereocenters. The molecule has 1 atom stereocenters. The molecule has 0 bridgehead atoms. The van der Waals surface area contributed by atoms with Gasteiger partial charge in [-0.25, -0.2) is 4.21 Å². The van der Waals surface area contributed by atoms with Crippen LogP contribution in [0.2, 0.25) is 0 Å². The number of ether oxygens (including phenoxy) is 1. The van der Waals surface area contributed by atoms with Crippen LogP contribution in [0, 0.1) is 0 Å². The van der Waals surface area contributed by atoms with Crippen molar-refractivity contribution in [2.24, 2.45) is 4.40 Å². The lowest BCUT2D eigenvalue weighted by Gasteiger charge is -2.12. The molecule has 0 amide bonds. The topological polar surface area (TPSA) is 38.7 Å². The van der Waals surface area contributed by atoms with Crippen molar-refractivity contribution in [2.75, 3.05) is 6.61 Å². The highest BCUT2D eigenvalue weighted by Crippen LogP contribution is 2.11. The van der Waals surface area contributed by atoms with Crippen LogP contribution < -0.4 is 0 Å². The van der Waals surface area contributed by atoms with E-state index in [2.05, 4.69) is 4.40 Å². The highest BCUT2D eigenvalue weighted by Gasteiger charge is 2.17. The van der Waals surface area contributed by atoms with Crippen molar-refractivity contribution in [2.45, 2.75) is 32.1 Å². The van der Waals surface area contributed by atoms with E-state index >= 15 is 0 Å². The molecule has 0 heterocycles. The summed E-state index contributed by atoms with van der Waals surface area (Å²) >= 11 is 0. The van der Waals surface area contributed by atoms with Crippen LogP contribution in [-0.2, 0) is 22.3 Å². The number of benzene rings is 1. The van der Waals surface area contributed by atoms with Gasteiger partial charge in [-0.2, -0.15) is 4.40 Å². The van der Waals surface area contributed by atoms with E-state index in [4.69, 9.17) is 4.74 Å². The van der Waals surface area contributed by atoms with Gasteiger partial charge in [0.05, 0.1) is 18.0 Å². The standard InChI is InChI=1S/C13H19NO2S/c1-13(2,3)17(15)14-9-10-16-11-12-7-5-4-6-8-12/h4-9H,10-11H2,1-3H3/b14-9+/t17-/m1/s1. The molecular weight excluding hydrogens is 234 g/mol. The summed E-state index contributed by atoms with van der Waals surface area (Å²) in [4.78, 5) is 0. The Morgan fingerprint density at radius 1 is 1.29 bits per heavy atom. The molecule has 1 rings (SSSR count). The van der Waals surface area contributed by atoms with E-state index in [0.29, 0.717) is 13.2 Å². The number of hydrogen-bond acceptors (Lipinski definition) is 2. The van der Waals surface area contributed by atoms with Gasteiger partial charge in [0.2, 0.25) is 0 Å². The third-order valence-electron chi connectivity index (χ3n) is 2.00. The molecule has 0 aliphatic heterocycles. The second kappa shape index (κ2) is 6.67. The smallest absolute Gasteiger partial charge is 0.144 e. The Morgan fingerprint density at radius 2 is 1.94 bits per heavy atom. The maximum absolute atomic E-state index is 11.6. The highest BCUT2D eigenvalue weighted by atomic mass is 32.2. The molecule has 0 saturated heterocycles. The van der Waals surface area contributed by atoms with Crippen molar-refractivity contribution in [1.82, 2.24) is 0 Å². The molecule has 17 heavy (non-hydrogen) atoms. The molecule has 0 spiro atoms. The summed E-state index contributed by atoms with van der Waals surface area (Å²) in [5.41, 5.74) is 1.12. The van der Waals surface area contributed by atoms with Crippen molar-refractivity contribution < 1.29 is 8.95 Å². The molecule has 0 radical (unpaired) electrons. The Labute approximate surface area is 106 Å². The minimum Gasteiger partial charge on any atom is -0.371 e. The highest BCUT2D eigenvalue weighted by molar-refractivity contribution is 7.85. The van der Waals surface area contributed by atoms with Crippen molar-refractivity contribution >= 4 is 17.2 Å². The first-order valence-corrected chi connectivity index (χ1v) is 6.67. The number of nitrogens with zero attached hydrogens (tertiary/aromatic N) is 1. The summed E-state index contributed by atoms with van der Waals surface area (Å²) < 4.78 is 20.6. The van der Waals surface area contributed by atoms with Crippen LogP contribution in [0.4, 0.5) is 0 Å². The summed E-state index contributed by atoms with van der Waals surface area (Å²) in [6.07, 6.45) is 1.57. The van der Waals surface area contributed by atoms with Gasteiger partial charge in [-0.05, 0) is 26.3 Å². The molecule has 0 aromatic heterocycles. The van der Waals surface area contributed by atoms with Gasteiger partial charge < -0.3 is 4.74 Å². The monoisotopic (exact) mass is 253 g/mol. The zero-order valence-corrected chi connectivity index (χ0v) is 11.4. The molecular formula is C13H19NO2S. The maximum atomic E-state index is 11.6. The summed E-state index contributed by atoms with van der Waals surface area (Å²) in [5, 5.41) is 0. The van der Waals surface area contributed by atoms with E-state index in [1.807, 2.05) is 51.1 Å². The predicted octanol–water partition coefficient (Wildman–Crippen LogP) is 2.74. The van der Waals surface area contributed by atoms with Gasteiger partial charge in [-0.15, -0.1) is 0 Å². The zero-order valence-electron chi connectivity index (χ0n) is 10.6. The predicted molar refractivity (Wildman–Crippen MR) is 72.5 cm³/mol. The zero-order chi connectivity index (χ0) is 12.7. The Balaban J connectivity index is 2.25. The molecule has 0 fully saturated rings. The molecule has 1 aromatic carbocycles. The Hall–Kier alpha value is -1.00. The van der Waals surface area contributed by atoms with Gasteiger partial charge in [0.1, 0.15) is 11.0 Å². The Morgan fingerprint density at radius 3 is 2.53 bits per heavy atom. The molecule has 0 aliphatic rings. The molecule has 4 heteroatoms. The second-order valence-electron chi connectivity index (χ2n) is 4.65. The van der Waals surface area contributed by atoms with Crippen molar-refractivity contribution in [3.63, 3.8) is 0 Å². The van der Waals surface area contributed by atoms with Crippen molar-refractivity contribution in [3.05, 3.63) is 35.9 Å². The minimum atomic E-state index is -1.20. The van der Waals surface area contributed by atoms with Gasteiger partial charge in [0, 0.05) is 6.21 Å². The lowest BCUT2D eigenvalue weighted by Crippen LogP contribution is -2.19. The summed E-state index contributed by atoms with van der Waals surface area (Å²) in [5.74, 6) is 0. The van der Waals surface area contributed by atoms with E-state index in [0.717, 1.165) is 5.56 Å². The summed E-state index contributed by atoms with van der Waals surface area (Å²) in [6, 6.07) is 9.93. The van der Waals surface area contributed by atoms with E-state index in [9.17, 15) is 4.21 Å². The quantitative estimate of drug-likeness (QED) is 0.598. The fraction of sp³-hybridized carbons (Fsp3) is 0.462. The summed E-state index contributed by atoms with van der Waals surface area (Å²) in [7, 11) is -1.20. The van der Waals surface area contributed by atoms with E-state index in [1.165, 1.54) is 0 Å². The Kier molecular flexibility index (Phi) is 5.51. The lowest BCUT2D eigenvalue weighted by molar-refractivity contribution is 0.160. The third kappa shape index (κ3) is 5.75. The van der Waals surface area contributed by atoms with Crippen LogP contribution >= 0.6 is 0 Å². The lowest BCUT2D eigenvalue weighted by atomic mass is 10.2. The van der Waals surface area contributed by atoms with E-state index < -0.39 is 11.0 Å². The molecule has 1 aromatic rings. The normalized spacial score (nSPS) is 14.1. The largest absolute Gasteiger partial charge is 0.371 e. The first-order valence-electron chi connectivity index (χ1n) is 5.56. The average molecular weight is 253 g/mol. The maximum Gasteiger partial charge on any atom is 0.144 e. The molecule has 0 N–H and O–H groups in total. The fourth-order valence-corrected chi connectivity index (χ4v) is 1.57. The number of hydrogen-bond donors (Lipinski definition) is 0. The van der Waals surface area contributed by atoms with Gasteiger partial charge in [0.15, 0.2) is 0 Å². The van der Waals surface area contributed by atoms with Gasteiger partial charge in [-0.1, -0.05) is 30.3 Å². The van der Waals surface area contributed by atoms with Gasteiger partial charge in [0.25, 0.3) is 0 Å². The number of rotatable bonds is 5. The molecule has 94 valence electrons. The van der Waals surface area contributed by atoms with Gasteiger partial charge >= 0.3 is 0 Å². The van der Waals surface area contributed by atoms with Crippen LogP contribution in [-0.4, -0.2) is 21.8 Å².